The van der Waals surface area contributed by atoms with Crippen molar-refractivity contribution in [1.29, 1.82) is 0 Å². The molecule has 1 N–H and O–H groups in total. The van der Waals surface area contributed by atoms with E-state index < -0.39 is 28.4 Å². The van der Waals surface area contributed by atoms with Crippen molar-refractivity contribution in [2.24, 2.45) is 5.92 Å². The molecule has 1 aliphatic rings. The Morgan fingerprint density at radius 2 is 1.83 bits per heavy atom. The quantitative estimate of drug-likeness (QED) is 0.188. The minimum absolute atomic E-state index is 0.114. The molecular formula is C26H21BrN2O6. The number of hydrogen-bond acceptors (Lipinski definition) is 6. The first-order valence-electron chi connectivity index (χ1n) is 10.6. The third-order valence-corrected chi connectivity index (χ3v) is 6.68. The monoisotopic (exact) mass is 536 g/mol. The molecule has 4 rings (SSSR count). The van der Waals surface area contributed by atoms with E-state index in [9.17, 15) is 19.7 Å². The fourth-order valence-corrected chi connectivity index (χ4v) is 4.83. The van der Waals surface area contributed by atoms with Crippen molar-refractivity contribution >= 4 is 45.1 Å². The van der Waals surface area contributed by atoms with Crippen LogP contribution in [0, 0.1) is 16.0 Å². The maximum atomic E-state index is 13.4. The number of halogens is 1. The zero-order valence-corrected chi connectivity index (χ0v) is 20.4. The maximum absolute atomic E-state index is 13.4. The van der Waals surface area contributed by atoms with Gasteiger partial charge in [-0.25, -0.2) is 0 Å². The summed E-state index contributed by atoms with van der Waals surface area (Å²) < 4.78 is 11.3. The van der Waals surface area contributed by atoms with Crippen molar-refractivity contribution in [3.05, 3.63) is 98.0 Å². The lowest BCUT2D eigenvalue weighted by atomic mass is 9.75. The molecule has 3 aromatic carbocycles. The van der Waals surface area contributed by atoms with Crippen molar-refractivity contribution in [1.82, 2.24) is 0 Å². The topological polar surface area (TPSA) is 108 Å². The third kappa shape index (κ3) is 4.67. The lowest BCUT2D eigenvalue weighted by Gasteiger charge is -2.32. The Kier molecular flexibility index (Phi) is 6.97. The van der Waals surface area contributed by atoms with Gasteiger partial charge in [0.05, 0.1) is 23.6 Å². The van der Waals surface area contributed by atoms with E-state index in [0.717, 1.165) is 0 Å². The molecule has 1 amide bonds. The van der Waals surface area contributed by atoms with Crippen molar-refractivity contribution < 1.29 is 24.0 Å². The molecule has 35 heavy (non-hydrogen) atoms. The van der Waals surface area contributed by atoms with E-state index in [1.54, 1.807) is 42.5 Å². The Labute approximate surface area is 209 Å². The van der Waals surface area contributed by atoms with Gasteiger partial charge in [-0.2, -0.15) is 0 Å². The van der Waals surface area contributed by atoms with Gasteiger partial charge in [0.2, 0.25) is 5.91 Å². The molecule has 3 aromatic rings. The van der Waals surface area contributed by atoms with Crippen LogP contribution in [0.2, 0.25) is 0 Å². The Morgan fingerprint density at radius 3 is 2.49 bits per heavy atom. The van der Waals surface area contributed by atoms with Gasteiger partial charge < -0.3 is 14.8 Å². The van der Waals surface area contributed by atoms with Crippen LogP contribution in [0.4, 0.5) is 11.4 Å². The van der Waals surface area contributed by atoms with E-state index >= 15 is 0 Å². The van der Waals surface area contributed by atoms with Crippen LogP contribution in [0.25, 0.3) is 6.08 Å². The molecule has 9 heteroatoms. The summed E-state index contributed by atoms with van der Waals surface area (Å²) in [6, 6.07) is 16.8. The number of benzene rings is 3. The van der Waals surface area contributed by atoms with Gasteiger partial charge in [-0.1, -0.05) is 36.4 Å². The molecule has 0 aromatic heterocycles. The number of carbonyl (C=O) groups excluding carboxylic acids is 2. The molecule has 0 spiro atoms. The second kappa shape index (κ2) is 10.1. The van der Waals surface area contributed by atoms with E-state index in [1.165, 1.54) is 38.5 Å². The Morgan fingerprint density at radius 1 is 1.09 bits per heavy atom. The third-order valence-electron chi connectivity index (χ3n) is 5.86. The van der Waals surface area contributed by atoms with Gasteiger partial charge in [0.25, 0.3) is 5.69 Å². The summed E-state index contributed by atoms with van der Waals surface area (Å²) in [6.45, 7) is 0. The van der Waals surface area contributed by atoms with Gasteiger partial charge in [0.1, 0.15) is 5.92 Å². The van der Waals surface area contributed by atoms with E-state index in [4.69, 9.17) is 9.47 Å². The second-order valence-corrected chi connectivity index (χ2v) is 8.62. The first-order chi connectivity index (χ1) is 16.8. The van der Waals surface area contributed by atoms with Crippen LogP contribution >= 0.6 is 15.9 Å². The van der Waals surface area contributed by atoms with Crippen LogP contribution in [-0.4, -0.2) is 30.8 Å². The zero-order valence-electron chi connectivity index (χ0n) is 18.9. The number of nitro benzene ring substituents is 1. The van der Waals surface area contributed by atoms with Gasteiger partial charge >= 0.3 is 0 Å². The fraction of sp³-hybridized carbons (Fsp3) is 0.154. The number of ketones is 1. The summed E-state index contributed by atoms with van der Waals surface area (Å²) in [6.07, 6.45) is 2.93. The van der Waals surface area contributed by atoms with Crippen molar-refractivity contribution in [2.45, 2.75) is 5.92 Å². The largest absolute Gasteiger partial charge is 0.493 e. The number of allylic oxidation sites excluding steroid dienone is 1. The average Bonchev–Trinajstić information content (AvgIpc) is 2.86. The summed E-state index contributed by atoms with van der Waals surface area (Å²) >= 11 is 3.47. The first-order valence-corrected chi connectivity index (χ1v) is 11.4. The highest BCUT2D eigenvalue weighted by atomic mass is 79.9. The smallest absolute Gasteiger partial charge is 0.269 e. The molecule has 0 unspecified atom stereocenters. The predicted molar refractivity (Wildman–Crippen MR) is 135 cm³/mol. The van der Waals surface area contributed by atoms with Gasteiger partial charge in [-0.05, 0) is 56.9 Å². The number of fused-ring (bicyclic) bond motifs is 1. The Bertz CT molecular complexity index is 1340. The van der Waals surface area contributed by atoms with Crippen LogP contribution in [0.5, 0.6) is 11.5 Å². The number of nitro groups is 1. The number of anilines is 1. The summed E-state index contributed by atoms with van der Waals surface area (Å²) in [7, 11) is 3.03. The zero-order chi connectivity index (χ0) is 25.1. The van der Waals surface area contributed by atoms with Crippen molar-refractivity contribution in [3.8, 4) is 11.5 Å². The number of non-ortho nitro benzene ring substituents is 1. The highest BCUT2D eigenvalue weighted by molar-refractivity contribution is 9.10. The second-order valence-electron chi connectivity index (χ2n) is 7.82. The molecule has 2 atom stereocenters. The number of carbonyl (C=O) groups is 2. The Hall–Kier alpha value is -3.98. The van der Waals surface area contributed by atoms with Gasteiger partial charge in [-0.3, -0.25) is 19.7 Å². The summed E-state index contributed by atoms with van der Waals surface area (Å²) in [5.74, 6) is -1.71. The predicted octanol–water partition coefficient (Wildman–Crippen LogP) is 5.36. The average molecular weight is 537 g/mol. The molecule has 0 fully saturated rings. The minimum atomic E-state index is -1.11. The number of methoxy groups -OCH3 is 2. The SMILES string of the molecule is COc1ccc(/C=C\C(=O)[C@@H]2C(=O)Nc3ccc([N+](=O)[O-])cc3[C@@H]2c2ccccc2)c(Br)c1OC. The van der Waals surface area contributed by atoms with E-state index in [-0.39, 0.29) is 5.69 Å². The molecule has 8 nitrogen and oxygen atoms in total. The molecule has 178 valence electrons. The summed E-state index contributed by atoms with van der Waals surface area (Å²) in [5, 5.41) is 14.2. The van der Waals surface area contributed by atoms with Crippen LogP contribution in [0.15, 0.2) is 71.2 Å². The molecule has 0 radical (unpaired) electrons. The molecule has 1 heterocycles. The van der Waals surface area contributed by atoms with Crippen LogP contribution in [0.3, 0.4) is 0 Å². The van der Waals surface area contributed by atoms with Crippen molar-refractivity contribution in [2.75, 3.05) is 19.5 Å². The minimum Gasteiger partial charge on any atom is -0.493 e. The van der Waals surface area contributed by atoms with E-state index in [2.05, 4.69) is 21.2 Å². The van der Waals surface area contributed by atoms with E-state index in [0.29, 0.717) is 38.3 Å². The van der Waals surface area contributed by atoms with Crippen molar-refractivity contribution in [3.63, 3.8) is 0 Å². The van der Waals surface area contributed by atoms with Gasteiger partial charge in [-0.15, -0.1) is 0 Å². The molecule has 0 saturated heterocycles. The van der Waals surface area contributed by atoms with Crippen LogP contribution in [-0.2, 0) is 9.59 Å². The standard InChI is InChI=1S/C26H21BrN2O6/c1-34-21-13-9-16(24(27)25(21)35-2)8-12-20(30)23-22(15-6-4-3-5-7-15)18-14-17(29(32)33)10-11-19(18)28-26(23)31/h3-14,22-23H,1-2H3,(H,28,31)/b12-8-/t22-,23-/m0/s1. The molecular weight excluding hydrogens is 516 g/mol. The number of rotatable bonds is 7. The highest BCUT2D eigenvalue weighted by Gasteiger charge is 2.41. The fourth-order valence-electron chi connectivity index (χ4n) is 4.21. The lowest BCUT2D eigenvalue weighted by Crippen LogP contribution is -2.38. The molecule has 0 saturated carbocycles. The lowest BCUT2D eigenvalue weighted by molar-refractivity contribution is -0.384. The Balaban J connectivity index is 1.76. The van der Waals surface area contributed by atoms with E-state index in [1.807, 2.05) is 6.07 Å². The molecule has 1 aliphatic heterocycles. The number of nitrogens with zero attached hydrogens (tertiary/aromatic N) is 1. The number of amides is 1. The number of nitrogens with one attached hydrogen (secondary N) is 1. The first kappa shape index (κ1) is 24.2. The van der Waals surface area contributed by atoms with Gasteiger partial charge in [0.15, 0.2) is 17.3 Å². The molecule has 0 bridgehead atoms. The normalized spacial score (nSPS) is 16.9. The molecule has 0 aliphatic carbocycles. The number of ether oxygens (including phenoxy) is 2. The van der Waals surface area contributed by atoms with Crippen LogP contribution < -0.4 is 14.8 Å². The highest BCUT2D eigenvalue weighted by Crippen LogP contribution is 2.43. The van der Waals surface area contributed by atoms with Crippen LogP contribution in [0.1, 0.15) is 22.6 Å². The summed E-state index contributed by atoms with van der Waals surface area (Å²) in [4.78, 5) is 37.5. The maximum Gasteiger partial charge on any atom is 0.269 e. The van der Waals surface area contributed by atoms with Gasteiger partial charge in [0, 0.05) is 23.7 Å². The number of hydrogen-bond donors (Lipinski definition) is 1. The summed E-state index contributed by atoms with van der Waals surface area (Å²) in [5.41, 5.74) is 2.22.